The molecular weight excluding hydrogens is 424 g/mol. The predicted octanol–water partition coefficient (Wildman–Crippen LogP) is 5.08. The molecular formula is C29H26N2O3. The van der Waals surface area contributed by atoms with Crippen LogP contribution in [0.15, 0.2) is 114 Å². The minimum absolute atomic E-state index is 0.249. The SMILES string of the molecule is CN(Cc1ccccc1)C(=O)C(=Cc1ccc(OCc2ccccc2)cc1)n1ccccc1=O. The molecule has 0 bridgehead atoms. The van der Waals surface area contributed by atoms with E-state index in [1.54, 1.807) is 36.4 Å². The average molecular weight is 451 g/mol. The number of ether oxygens (including phenoxy) is 1. The van der Waals surface area contributed by atoms with Gasteiger partial charge in [-0.1, -0.05) is 78.9 Å². The van der Waals surface area contributed by atoms with Crippen molar-refractivity contribution >= 4 is 17.7 Å². The molecule has 1 aromatic heterocycles. The van der Waals surface area contributed by atoms with Crippen molar-refractivity contribution in [3.8, 4) is 5.75 Å². The van der Waals surface area contributed by atoms with Crippen molar-refractivity contribution in [3.63, 3.8) is 0 Å². The van der Waals surface area contributed by atoms with Crippen LogP contribution in [0.4, 0.5) is 0 Å². The molecule has 0 saturated carbocycles. The van der Waals surface area contributed by atoms with Crippen molar-refractivity contribution in [1.82, 2.24) is 9.47 Å². The van der Waals surface area contributed by atoms with E-state index < -0.39 is 0 Å². The minimum Gasteiger partial charge on any atom is -0.489 e. The zero-order chi connectivity index (χ0) is 23.8. The van der Waals surface area contributed by atoms with Gasteiger partial charge in [0.1, 0.15) is 18.1 Å². The third-order valence-electron chi connectivity index (χ3n) is 5.34. The number of amides is 1. The fourth-order valence-corrected chi connectivity index (χ4v) is 3.54. The van der Waals surface area contributed by atoms with Crippen LogP contribution in [0.5, 0.6) is 5.75 Å². The number of likely N-dealkylation sites (N-methyl/N-ethyl adjacent to an activating group) is 1. The Morgan fingerprint density at radius 2 is 1.44 bits per heavy atom. The molecule has 0 saturated heterocycles. The highest BCUT2D eigenvalue weighted by Crippen LogP contribution is 2.19. The van der Waals surface area contributed by atoms with E-state index in [-0.39, 0.29) is 17.2 Å². The standard InChI is InChI=1S/C29H26N2O3/c1-30(21-24-10-4-2-5-11-24)29(33)27(31-19-9-8-14-28(31)32)20-23-15-17-26(18-16-23)34-22-25-12-6-3-7-13-25/h2-20H,21-22H2,1H3. The van der Waals surface area contributed by atoms with Gasteiger partial charge in [0, 0.05) is 25.9 Å². The lowest BCUT2D eigenvalue weighted by molar-refractivity contribution is -0.124. The summed E-state index contributed by atoms with van der Waals surface area (Å²) in [6.45, 7) is 0.911. The highest BCUT2D eigenvalue weighted by atomic mass is 16.5. The fourth-order valence-electron chi connectivity index (χ4n) is 3.54. The molecule has 4 aromatic rings. The molecule has 1 amide bonds. The zero-order valence-corrected chi connectivity index (χ0v) is 19.0. The third kappa shape index (κ3) is 5.90. The summed E-state index contributed by atoms with van der Waals surface area (Å²) in [5, 5.41) is 0. The molecule has 3 aromatic carbocycles. The van der Waals surface area contributed by atoms with Crippen molar-refractivity contribution in [1.29, 1.82) is 0 Å². The second kappa shape index (κ2) is 11.0. The van der Waals surface area contributed by atoms with Crippen LogP contribution in [-0.4, -0.2) is 22.4 Å². The summed E-state index contributed by atoms with van der Waals surface area (Å²) in [5.41, 5.74) is 2.90. The number of carbonyl (C=O) groups is 1. The van der Waals surface area contributed by atoms with Gasteiger partial charge in [-0.05, 0) is 41.0 Å². The lowest BCUT2D eigenvalue weighted by Crippen LogP contribution is -2.32. The molecule has 0 aliphatic heterocycles. The van der Waals surface area contributed by atoms with Gasteiger partial charge in [-0.3, -0.25) is 14.2 Å². The van der Waals surface area contributed by atoms with Crippen molar-refractivity contribution in [2.24, 2.45) is 0 Å². The molecule has 4 rings (SSSR count). The number of pyridine rings is 1. The number of rotatable bonds is 8. The largest absolute Gasteiger partial charge is 0.489 e. The summed E-state index contributed by atoms with van der Waals surface area (Å²) in [5.74, 6) is 0.480. The maximum absolute atomic E-state index is 13.4. The molecule has 0 unspecified atom stereocenters. The second-order valence-corrected chi connectivity index (χ2v) is 7.93. The van der Waals surface area contributed by atoms with E-state index in [2.05, 4.69) is 0 Å². The van der Waals surface area contributed by atoms with Gasteiger partial charge in [0.05, 0.1) is 0 Å². The van der Waals surface area contributed by atoms with Crippen LogP contribution in [-0.2, 0) is 17.9 Å². The monoisotopic (exact) mass is 450 g/mol. The van der Waals surface area contributed by atoms with E-state index in [1.165, 1.54) is 10.6 Å². The van der Waals surface area contributed by atoms with Gasteiger partial charge in [0.25, 0.3) is 11.5 Å². The molecule has 0 N–H and O–H groups in total. The molecule has 0 aliphatic carbocycles. The summed E-state index contributed by atoms with van der Waals surface area (Å²) in [6, 6.07) is 32.0. The molecule has 0 atom stereocenters. The lowest BCUT2D eigenvalue weighted by Gasteiger charge is -2.20. The summed E-state index contributed by atoms with van der Waals surface area (Å²) < 4.78 is 7.24. The first-order valence-electron chi connectivity index (χ1n) is 11.1. The van der Waals surface area contributed by atoms with Gasteiger partial charge in [-0.2, -0.15) is 0 Å². The smallest absolute Gasteiger partial charge is 0.270 e. The van der Waals surface area contributed by atoms with E-state index >= 15 is 0 Å². The van der Waals surface area contributed by atoms with Crippen LogP contribution in [0.3, 0.4) is 0 Å². The number of hydrogen-bond acceptors (Lipinski definition) is 3. The Labute approximate surface area is 199 Å². The normalized spacial score (nSPS) is 11.1. The van der Waals surface area contributed by atoms with Crippen molar-refractivity contribution < 1.29 is 9.53 Å². The topological polar surface area (TPSA) is 51.5 Å². The fraction of sp³-hybridized carbons (Fsp3) is 0.103. The number of carbonyl (C=O) groups excluding carboxylic acids is 1. The van der Waals surface area contributed by atoms with Gasteiger partial charge in [-0.25, -0.2) is 0 Å². The second-order valence-electron chi connectivity index (χ2n) is 7.93. The van der Waals surface area contributed by atoms with Crippen LogP contribution in [0.2, 0.25) is 0 Å². The number of hydrogen-bond donors (Lipinski definition) is 0. The molecule has 0 radical (unpaired) electrons. The molecule has 0 fully saturated rings. The zero-order valence-electron chi connectivity index (χ0n) is 19.0. The quantitative estimate of drug-likeness (QED) is 0.352. The van der Waals surface area contributed by atoms with Crippen LogP contribution in [0, 0.1) is 0 Å². The first-order chi connectivity index (χ1) is 16.6. The lowest BCUT2D eigenvalue weighted by atomic mass is 10.1. The van der Waals surface area contributed by atoms with E-state index in [0.717, 1.165) is 22.4 Å². The summed E-state index contributed by atoms with van der Waals surface area (Å²) >= 11 is 0. The summed E-state index contributed by atoms with van der Waals surface area (Å²) in [7, 11) is 1.73. The van der Waals surface area contributed by atoms with E-state index in [0.29, 0.717) is 13.2 Å². The summed E-state index contributed by atoms with van der Waals surface area (Å²) in [4.78, 5) is 27.6. The van der Waals surface area contributed by atoms with Crippen molar-refractivity contribution in [3.05, 3.63) is 136 Å². The first-order valence-corrected chi connectivity index (χ1v) is 11.1. The molecule has 1 heterocycles. The Balaban J connectivity index is 1.57. The molecule has 34 heavy (non-hydrogen) atoms. The van der Waals surface area contributed by atoms with Gasteiger partial charge >= 0.3 is 0 Å². The van der Waals surface area contributed by atoms with Crippen LogP contribution in [0.25, 0.3) is 11.8 Å². The Kier molecular flexibility index (Phi) is 7.35. The highest BCUT2D eigenvalue weighted by molar-refractivity contribution is 6.18. The van der Waals surface area contributed by atoms with Crippen LogP contribution >= 0.6 is 0 Å². The molecule has 170 valence electrons. The van der Waals surface area contributed by atoms with Crippen LogP contribution < -0.4 is 10.3 Å². The number of nitrogens with zero attached hydrogens (tertiary/aromatic N) is 2. The average Bonchev–Trinajstić information content (AvgIpc) is 2.88. The van der Waals surface area contributed by atoms with E-state index in [1.807, 2.05) is 84.9 Å². The van der Waals surface area contributed by atoms with E-state index in [9.17, 15) is 9.59 Å². The molecule has 5 nitrogen and oxygen atoms in total. The Bertz CT molecular complexity index is 1310. The van der Waals surface area contributed by atoms with Gasteiger partial charge < -0.3 is 9.64 Å². The number of aromatic nitrogens is 1. The molecule has 5 heteroatoms. The Morgan fingerprint density at radius 1 is 0.824 bits per heavy atom. The maximum Gasteiger partial charge on any atom is 0.270 e. The Morgan fingerprint density at radius 3 is 2.09 bits per heavy atom. The van der Waals surface area contributed by atoms with Crippen LogP contribution in [0.1, 0.15) is 16.7 Å². The maximum atomic E-state index is 13.4. The van der Waals surface area contributed by atoms with E-state index in [4.69, 9.17) is 4.74 Å². The molecule has 0 spiro atoms. The van der Waals surface area contributed by atoms with Gasteiger partial charge in [0.15, 0.2) is 0 Å². The summed E-state index contributed by atoms with van der Waals surface area (Å²) in [6.07, 6.45) is 3.34. The third-order valence-corrected chi connectivity index (χ3v) is 5.34. The Hall–Kier alpha value is -4.38. The highest BCUT2D eigenvalue weighted by Gasteiger charge is 2.18. The van der Waals surface area contributed by atoms with Crippen molar-refractivity contribution in [2.45, 2.75) is 13.2 Å². The van der Waals surface area contributed by atoms with Gasteiger partial charge in [0.2, 0.25) is 0 Å². The van der Waals surface area contributed by atoms with Crippen molar-refractivity contribution in [2.75, 3.05) is 7.05 Å². The predicted molar refractivity (Wildman–Crippen MR) is 135 cm³/mol. The first kappa shape index (κ1) is 22.8. The minimum atomic E-state index is -0.266. The molecule has 0 aliphatic rings. The van der Waals surface area contributed by atoms with Gasteiger partial charge in [-0.15, -0.1) is 0 Å². The number of benzene rings is 3.